The van der Waals surface area contributed by atoms with Crippen LogP contribution in [0.5, 0.6) is 0 Å². The summed E-state index contributed by atoms with van der Waals surface area (Å²) in [6.45, 7) is 0. The van der Waals surface area contributed by atoms with E-state index in [-0.39, 0.29) is 17.9 Å². The molecule has 2 aromatic carbocycles. The van der Waals surface area contributed by atoms with Crippen LogP contribution < -0.4 is 5.32 Å². The summed E-state index contributed by atoms with van der Waals surface area (Å²) >= 11 is 3.44. The molecule has 5 heteroatoms. The first-order chi connectivity index (χ1) is 10.5. The van der Waals surface area contributed by atoms with Gasteiger partial charge >= 0.3 is 5.97 Å². The fourth-order valence-corrected chi connectivity index (χ4v) is 3.54. The standard InChI is InChI=1S/C17H16BrNO3/c18-12-7-10-3-1-2-4-14(10)15(9-12)16(20)19-13-6-5-11(8-13)17(21)22/h1-4,7,9,11,13H,5-6,8H2,(H,19,20)(H,21,22)/t11-,13+/m0/s1. The number of benzene rings is 2. The number of amides is 1. The third-order valence-corrected chi connectivity index (χ3v) is 4.65. The van der Waals surface area contributed by atoms with Crippen LogP contribution in [-0.2, 0) is 4.79 Å². The molecule has 1 fully saturated rings. The Morgan fingerprint density at radius 3 is 2.68 bits per heavy atom. The molecule has 0 unspecified atom stereocenters. The maximum absolute atomic E-state index is 12.6. The van der Waals surface area contributed by atoms with Crippen LogP contribution in [0.1, 0.15) is 29.6 Å². The van der Waals surface area contributed by atoms with Crippen molar-refractivity contribution in [3.05, 3.63) is 46.4 Å². The van der Waals surface area contributed by atoms with E-state index in [1.54, 1.807) is 6.07 Å². The predicted molar refractivity (Wildman–Crippen MR) is 87.9 cm³/mol. The molecule has 1 aliphatic carbocycles. The van der Waals surface area contributed by atoms with Gasteiger partial charge in [0.1, 0.15) is 0 Å². The Kier molecular flexibility index (Phi) is 4.16. The van der Waals surface area contributed by atoms with Gasteiger partial charge in [0.15, 0.2) is 0 Å². The highest BCUT2D eigenvalue weighted by Gasteiger charge is 2.30. The molecule has 22 heavy (non-hydrogen) atoms. The quantitative estimate of drug-likeness (QED) is 0.877. The van der Waals surface area contributed by atoms with Gasteiger partial charge in [-0.05, 0) is 42.2 Å². The van der Waals surface area contributed by atoms with Crippen LogP contribution in [0, 0.1) is 5.92 Å². The van der Waals surface area contributed by atoms with E-state index >= 15 is 0 Å². The number of carboxylic acid groups (broad SMARTS) is 1. The fourth-order valence-electron chi connectivity index (χ4n) is 3.06. The molecule has 0 heterocycles. The number of carbonyl (C=O) groups is 2. The average Bonchev–Trinajstić information content (AvgIpc) is 2.95. The third kappa shape index (κ3) is 2.99. The summed E-state index contributed by atoms with van der Waals surface area (Å²) in [4.78, 5) is 23.6. The molecule has 0 saturated heterocycles. The largest absolute Gasteiger partial charge is 0.481 e. The Morgan fingerprint density at radius 1 is 1.18 bits per heavy atom. The molecule has 1 amide bonds. The number of aliphatic carboxylic acids is 1. The molecule has 0 bridgehead atoms. The number of carboxylic acids is 1. The number of rotatable bonds is 3. The molecule has 3 rings (SSSR count). The molecule has 2 N–H and O–H groups in total. The van der Waals surface area contributed by atoms with Gasteiger partial charge in [-0.25, -0.2) is 0 Å². The number of hydrogen-bond acceptors (Lipinski definition) is 2. The lowest BCUT2D eigenvalue weighted by Gasteiger charge is -2.14. The second kappa shape index (κ2) is 6.08. The molecule has 0 spiro atoms. The van der Waals surface area contributed by atoms with Gasteiger partial charge < -0.3 is 10.4 Å². The molecular weight excluding hydrogens is 346 g/mol. The smallest absolute Gasteiger partial charge is 0.306 e. The van der Waals surface area contributed by atoms with Crippen LogP contribution in [0.2, 0.25) is 0 Å². The molecule has 2 atom stereocenters. The lowest BCUT2D eigenvalue weighted by Crippen LogP contribution is -2.33. The van der Waals surface area contributed by atoms with Gasteiger partial charge in [-0.3, -0.25) is 9.59 Å². The minimum absolute atomic E-state index is 0.0636. The van der Waals surface area contributed by atoms with Crippen LogP contribution in [0.4, 0.5) is 0 Å². The van der Waals surface area contributed by atoms with Gasteiger partial charge in [0, 0.05) is 16.1 Å². The monoisotopic (exact) mass is 361 g/mol. The van der Waals surface area contributed by atoms with Gasteiger partial charge in [-0.15, -0.1) is 0 Å². The Labute approximate surface area is 136 Å². The highest BCUT2D eigenvalue weighted by molar-refractivity contribution is 9.10. The highest BCUT2D eigenvalue weighted by atomic mass is 79.9. The zero-order valence-electron chi connectivity index (χ0n) is 11.9. The molecule has 114 valence electrons. The summed E-state index contributed by atoms with van der Waals surface area (Å²) in [6.07, 6.45) is 1.85. The third-order valence-electron chi connectivity index (χ3n) is 4.19. The number of hydrogen-bond donors (Lipinski definition) is 2. The van der Waals surface area contributed by atoms with Gasteiger partial charge in [0.2, 0.25) is 0 Å². The van der Waals surface area contributed by atoms with E-state index in [0.29, 0.717) is 24.8 Å². The van der Waals surface area contributed by atoms with E-state index < -0.39 is 5.97 Å². The summed E-state index contributed by atoms with van der Waals surface area (Å²) < 4.78 is 0.853. The maximum Gasteiger partial charge on any atom is 0.306 e. The van der Waals surface area contributed by atoms with E-state index in [0.717, 1.165) is 15.2 Å². The Bertz CT molecular complexity index is 744. The van der Waals surface area contributed by atoms with E-state index in [1.165, 1.54) is 0 Å². The molecule has 0 aliphatic heterocycles. The zero-order chi connectivity index (χ0) is 15.7. The molecule has 1 saturated carbocycles. The first-order valence-corrected chi connectivity index (χ1v) is 8.06. The topological polar surface area (TPSA) is 66.4 Å². The van der Waals surface area contributed by atoms with Crippen molar-refractivity contribution in [2.75, 3.05) is 0 Å². The Hall–Kier alpha value is -1.88. The summed E-state index contributed by atoms with van der Waals surface area (Å²) in [5.41, 5.74) is 0.615. The van der Waals surface area contributed by atoms with Crippen molar-refractivity contribution in [3.8, 4) is 0 Å². The number of nitrogens with one attached hydrogen (secondary N) is 1. The second-order valence-corrected chi connectivity index (χ2v) is 6.61. The molecule has 0 aromatic heterocycles. The SMILES string of the molecule is O=C(N[C@@H]1CC[C@H](C(=O)O)C1)c1cc(Br)cc2ccccc12. The summed E-state index contributed by atoms with van der Waals surface area (Å²) in [5.74, 6) is -1.26. The maximum atomic E-state index is 12.6. The van der Waals surface area contributed by atoms with E-state index in [1.807, 2.05) is 30.3 Å². The second-order valence-electron chi connectivity index (χ2n) is 5.69. The average molecular weight is 362 g/mol. The van der Waals surface area contributed by atoms with Crippen molar-refractivity contribution in [2.45, 2.75) is 25.3 Å². The first-order valence-electron chi connectivity index (χ1n) is 7.26. The number of carbonyl (C=O) groups excluding carboxylic acids is 1. The lowest BCUT2D eigenvalue weighted by molar-refractivity contribution is -0.141. The van der Waals surface area contributed by atoms with Crippen LogP contribution in [0.3, 0.4) is 0 Å². The molecule has 2 aromatic rings. The fraction of sp³-hybridized carbons (Fsp3) is 0.294. The van der Waals surface area contributed by atoms with E-state index in [9.17, 15) is 9.59 Å². The van der Waals surface area contributed by atoms with Gasteiger partial charge in [0.25, 0.3) is 5.91 Å². The molecule has 4 nitrogen and oxygen atoms in total. The number of halogens is 1. The number of fused-ring (bicyclic) bond motifs is 1. The Balaban J connectivity index is 1.83. The summed E-state index contributed by atoms with van der Waals surface area (Å²) in [7, 11) is 0. The Morgan fingerprint density at radius 2 is 1.95 bits per heavy atom. The van der Waals surface area contributed by atoms with Crippen molar-refractivity contribution in [1.82, 2.24) is 5.32 Å². The molecule has 1 aliphatic rings. The van der Waals surface area contributed by atoms with Gasteiger partial charge in [-0.1, -0.05) is 40.2 Å². The van der Waals surface area contributed by atoms with Gasteiger partial charge in [-0.2, -0.15) is 0 Å². The summed E-state index contributed by atoms with van der Waals surface area (Å²) in [5, 5.41) is 13.9. The normalized spacial score (nSPS) is 21.0. The van der Waals surface area contributed by atoms with Crippen molar-refractivity contribution >= 4 is 38.6 Å². The van der Waals surface area contributed by atoms with Crippen LogP contribution in [0.15, 0.2) is 40.9 Å². The first kappa shape index (κ1) is 15.0. The molecular formula is C17H16BrNO3. The van der Waals surface area contributed by atoms with Crippen molar-refractivity contribution in [3.63, 3.8) is 0 Å². The lowest BCUT2D eigenvalue weighted by atomic mass is 10.0. The summed E-state index contributed by atoms with van der Waals surface area (Å²) in [6, 6.07) is 11.4. The van der Waals surface area contributed by atoms with Crippen LogP contribution >= 0.6 is 15.9 Å². The van der Waals surface area contributed by atoms with E-state index in [2.05, 4.69) is 21.2 Å². The van der Waals surface area contributed by atoms with Crippen molar-refractivity contribution in [2.24, 2.45) is 5.92 Å². The predicted octanol–water partition coefficient (Wildman–Crippen LogP) is 3.59. The molecule has 0 radical (unpaired) electrons. The zero-order valence-corrected chi connectivity index (χ0v) is 13.5. The van der Waals surface area contributed by atoms with Crippen LogP contribution in [0.25, 0.3) is 10.8 Å². The highest BCUT2D eigenvalue weighted by Crippen LogP contribution is 2.28. The van der Waals surface area contributed by atoms with Crippen LogP contribution in [-0.4, -0.2) is 23.0 Å². The van der Waals surface area contributed by atoms with Crippen molar-refractivity contribution in [1.29, 1.82) is 0 Å². The minimum Gasteiger partial charge on any atom is -0.481 e. The van der Waals surface area contributed by atoms with Gasteiger partial charge in [0.05, 0.1) is 5.92 Å². The van der Waals surface area contributed by atoms with Crippen molar-refractivity contribution < 1.29 is 14.7 Å². The van der Waals surface area contributed by atoms with E-state index in [4.69, 9.17) is 5.11 Å². The minimum atomic E-state index is -0.773.